The molecule has 5 heteroatoms. The van der Waals surface area contributed by atoms with Gasteiger partial charge in [0.1, 0.15) is 0 Å². The van der Waals surface area contributed by atoms with Crippen LogP contribution >= 0.6 is 0 Å². The minimum atomic E-state index is -0.706. The summed E-state index contributed by atoms with van der Waals surface area (Å²) in [7, 11) is 0. The van der Waals surface area contributed by atoms with Crippen molar-refractivity contribution in [1.29, 1.82) is 0 Å². The van der Waals surface area contributed by atoms with Crippen molar-refractivity contribution in [2.24, 2.45) is 23.7 Å². The van der Waals surface area contributed by atoms with Crippen LogP contribution in [-0.2, 0) is 19.2 Å². The van der Waals surface area contributed by atoms with Gasteiger partial charge in [0, 0.05) is 18.9 Å². The molecule has 0 aromatic carbocycles. The first-order chi connectivity index (χ1) is 10.5. The second-order valence-corrected chi connectivity index (χ2v) is 7.96. The van der Waals surface area contributed by atoms with Crippen molar-refractivity contribution in [3.8, 4) is 0 Å². The molecule has 5 aliphatic rings. The Labute approximate surface area is 132 Å². The van der Waals surface area contributed by atoms with Crippen molar-refractivity contribution >= 4 is 0 Å². The SMILES string of the molecule is C[C@H]1[C@@H](CCO)O[C@@H]2O[C@@]3(C)CC[C@H]4[C@H](C)CC[C@@H]1[C@@]24OO3. The predicted molar refractivity (Wildman–Crippen MR) is 78.5 cm³/mol. The summed E-state index contributed by atoms with van der Waals surface area (Å²) in [5.74, 6) is 1.01. The van der Waals surface area contributed by atoms with Crippen molar-refractivity contribution < 1.29 is 24.4 Å². The van der Waals surface area contributed by atoms with Crippen molar-refractivity contribution in [3.63, 3.8) is 0 Å². The third-order valence-corrected chi connectivity index (χ3v) is 6.71. The van der Waals surface area contributed by atoms with Crippen LogP contribution in [0.2, 0.25) is 0 Å². The lowest BCUT2D eigenvalue weighted by Gasteiger charge is -2.60. The lowest BCUT2D eigenvalue weighted by atomic mass is 9.57. The van der Waals surface area contributed by atoms with E-state index in [0.717, 1.165) is 19.3 Å². The van der Waals surface area contributed by atoms with Crippen molar-refractivity contribution in [3.05, 3.63) is 0 Å². The fourth-order valence-corrected chi connectivity index (χ4v) is 5.44. The third kappa shape index (κ3) is 1.96. The summed E-state index contributed by atoms with van der Waals surface area (Å²) < 4.78 is 12.6. The van der Waals surface area contributed by atoms with E-state index < -0.39 is 11.4 Å². The van der Waals surface area contributed by atoms with E-state index in [2.05, 4.69) is 13.8 Å². The number of aliphatic hydroxyl groups excluding tert-OH is 1. The molecule has 1 spiro atoms. The molecule has 4 aliphatic heterocycles. The Morgan fingerprint density at radius 1 is 1.09 bits per heavy atom. The Balaban J connectivity index is 1.75. The number of fused-ring (bicyclic) bond motifs is 2. The Morgan fingerprint density at radius 3 is 2.68 bits per heavy atom. The van der Waals surface area contributed by atoms with Crippen LogP contribution < -0.4 is 0 Å². The van der Waals surface area contributed by atoms with Gasteiger partial charge in [0.2, 0.25) is 5.79 Å². The normalized spacial score (nSPS) is 57.3. The highest BCUT2D eigenvalue weighted by atomic mass is 17.3. The number of aliphatic hydroxyl groups is 1. The van der Waals surface area contributed by atoms with Gasteiger partial charge < -0.3 is 14.6 Å². The molecule has 22 heavy (non-hydrogen) atoms. The molecule has 0 radical (unpaired) electrons. The highest BCUT2D eigenvalue weighted by molar-refractivity contribution is 5.09. The van der Waals surface area contributed by atoms with E-state index in [0.29, 0.717) is 30.1 Å². The lowest BCUT2D eigenvalue weighted by Crippen LogP contribution is -2.70. The minimum absolute atomic E-state index is 0.0335. The van der Waals surface area contributed by atoms with Gasteiger partial charge >= 0.3 is 0 Å². The monoisotopic (exact) mass is 312 g/mol. The van der Waals surface area contributed by atoms with Crippen LogP contribution in [0.4, 0.5) is 0 Å². The van der Waals surface area contributed by atoms with Crippen molar-refractivity contribution in [1.82, 2.24) is 0 Å². The maximum Gasteiger partial charge on any atom is 0.201 e. The molecule has 0 aromatic heterocycles. The molecule has 0 amide bonds. The van der Waals surface area contributed by atoms with Crippen LogP contribution in [0.3, 0.4) is 0 Å². The minimum Gasteiger partial charge on any atom is -0.396 e. The van der Waals surface area contributed by atoms with Crippen LogP contribution in [0, 0.1) is 23.7 Å². The zero-order valence-electron chi connectivity index (χ0n) is 13.8. The van der Waals surface area contributed by atoms with Gasteiger partial charge in [0.05, 0.1) is 6.10 Å². The fourth-order valence-electron chi connectivity index (χ4n) is 5.44. The Morgan fingerprint density at radius 2 is 1.91 bits per heavy atom. The van der Waals surface area contributed by atoms with Crippen LogP contribution in [0.25, 0.3) is 0 Å². The molecule has 8 atom stereocenters. The van der Waals surface area contributed by atoms with E-state index in [9.17, 15) is 5.11 Å². The summed E-state index contributed by atoms with van der Waals surface area (Å²) in [5.41, 5.74) is -0.473. The Kier molecular flexibility index (Phi) is 3.59. The Hall–Kier alpha value is -0.200. The van der Waals surface area contributed by atoms with Gasteiger partial charge in [0.25, 0.3) is 0 Å². The van der Waals surface area contributed by atoms with Gasteiger partial charge in [-0.3, -0.25) is 0 Å². The number of ether oxygens (including phenoxy) is 2. The van der Waals surface area contributed by atoms with E-state index in [1.807, 2.05) is 6.92 Å². The number of hydrogen-bond acceptors (Lipinski definition) is 5. The highest BCUT2D eigenvalue weighted by Gasteiger charge is 2.69. The fraction of sp³-hybridized carbons (Fsp3) is 1.00. The highest BCUT2D eigenvalue weighted by Crippen LogP contribution is 2.60. The van der Waals surface area contributed by atoms with E-state index in [4.69, 9.17) is 19.2 Å². The van der Waals surface area contributed by atoms with Crippen LogP contribution in [-0.4, -0.2) is 35.5 Å². The predicted octanol–water partition coefficient (Wildman–Crippen LogP) is 2.62. The summed E-state index contributed by atoms with van der Waals surface area (Å²) in [4.78, 5) is 11.8. The van der Waals surface area contributed by atoms with Crippen LogP contribution in [0.1, 0.15) is 52.9 Å². The lowest BCUT2D eigenvalue weighted by molar-refractivity contribution is -0.571. The molecule has 5 nitrogen and oxygen atoms in total. The molecular formula is C17H28O5. The molecule has 5 rings (SSSR count). The van der Waals surface area contributed by atoms with E-state index >= 15 is 0 Å². The van der Waals surface area contributed by atoms with E-state index in [-0.39, 0.29) is 19.0 Å². The summed E-state index contributed by atoms with van der Waals surface area (Å²) in [6.07, 6.45) is 4.56. The molecule has 0 aromatic rings. The number of rotatable bonds is 2. The second kappa shape index (κ2) is 5.15. The molecule has 5 fully saturated rings. The van der Waals surface area contributed by atoms with Gasteiger partial charge in [-0.05, 0) is 50.4 Å². The molecule has 0 unspecified atom stereocenters. The van der Waals surface area contributed by atoms with Crippen LogP contribution in [0.15, 0.2) is 0 Å². The summed E-state index contributed by atoms with van der Waals surface area (Å²) in [6, 6.07) is 0. The van der Waals surface area contributed by atoms with E-state index in [1.165, 1.54) is 6.42 Å². The van der Waals surface area contributed by atoms with E-state index in [1.54, 1.807) is 0 Å². The average Bonchev–Trinajstić information content (AvgIpc) is 2.71. The third-order valence-electron chi connectivity index (χ3n) is 6.71. The van der Waals surface area contributed by atoms with Gasteiger partial charge in [0.15, 0.2) is 11.9 Å². The van der Waals surface area contributed by atoms with Crippen molar-refractivity contribution in [2.45, 2.75) is 76.7 Å². The quantitative estimate of drug-likeness (QED) is 0.794. The smallest absolute Gasteiger partial charge is 0.201 e. The molecular weight excluding hydrogens is 284 g/mol. The summed E-state index contributed by atoms with van der Waals surface area (Å²) in [6.45, 7) is 6.64. The molecule has 1 N–H and O–H groups in total. The largest absolute Gasteiger partial charge is 0.396 e. The summed E-state index contributed by atoms with van der Waals surface area (Å²) >= 11 is 0. The van der Waals surface area contributed by atoms with Gasteiger partial charge in [-0.1, -0.05) is 13.8 Å². The van der Waals surface area contributed by atoms with Crippen LogP contribution in [0.5, 0.6) is 0 Å². The molecule has 4 heterocycles. The van der Waals surface area contributed by atoms with Gasteiger partial charge in [-0.15, -0.1) is 0 Å². The Bertz CT molecular complexity index is 443. The maximum atomic E-state index is 9.36. The molecule has 2 bridgehead atoms. The molecule has 126 valence electrons. The number of hydrogen-bond donors (Lipinski definition) is 1. The maximum absolute atomic E-state index is 9.36. The molecule has 1 saturated carbocycles. The van der Waals surface area contributed by atoms with Crippen molar-refractivity contribution in [2.75, 3.05) is 6.61 Å². The standard InChI is InChI=1S/C17H28O5/c1-10-4-5-13-11(2)14(7-9-18)19-15-17(13)12(10)6-8-16(3,20-15)21-22-17/h10-15,18H,4-9H2,1-3H3/t10-,11-,12+,13+,14-,15-,16-,17-/m1/s1. The zero-order valence-corrected chi connectivity index (χ0v) is 13.8. The molecule has 1 aliphatic carbocycles. The first kappa shape index (κ1) is 15.3. The first-order valence-corrected chi connectivity index (χ1v) is 8.81. The first-order valence-electron chi connectivity index (χ1n) is 8.81. The van der Waals surface area contributed by atoms with Gasteiger partial charge in [-0.25, -0.2) is 9.78 Å². The molecule has 4 saturated heterocycles. The summed E-state index contributed by atoms with van der Waals surface area (Å²) in [5, 5.41) is 9.36. The second-order valence-electron chi connectivity index (χ2n) is 7.96. The topological polar surface area (TPSA) is 57.2 Å². The van der Waals surface area contributed by atoms with Gasteiger partial charge in [-0.2, -0.15) is 0 Å². The zero-order chi connectivity index (χ0) is 15.5. The average molecular weight is 312 g/mol.